The zero-order chi connectivity index (χ0) is 13.0. The molecule has 1 aliphatic heterocycles. The summed E-state index contributed by atoms with van der Waals surface area (Å²) in [7, 11) is 0. The second kappa shape index (κ2) is 5.58. The van der Waals surface area contributed by atoms with Crippen LogP contribution in [0, 0.1) is 5.92 Å². The Morgan fingerprint density at radius 2 is 2.44 bits per heavy atom. The second-order valence-corrected chi connectivity index (χ2v) is 4.14. The van der Waals surface area contributed by atoms with Gasteiger partial charge in [0.05, 0.1) is 12.8 Å². The van der Waals surface area contributed by atoms with Crippen LogP contribution in [0.25, 0.3) is 0 Å². The summed E-state index contributed by atoms with van der Waals surface area (Å²) >= 11 is 0. The van der Waals surface area contributed by atoms with Gasteiger partial charge in [0.25, 0.3) is 0 Å². The predicted molar refractivity (Wildman–Crippen MR) is 58.9 cm³/mol. The number of carbonyl (C=O) groups excluding carboxylic acids is 1. The summed E-state index contributed by atoms with van der Waals surface area (Å²) < 4.78 is 6.39. The molecule has 8 heteroatoms. The smallest absolute Gasteiger partial charge is 0.358 e. The van der Waals surface area contributed by atoms with E-state index < -0.39 is 5.97 Å². The Morgan fingerprint density at radius 3 is 3.06 bits per heavy atom. The van der Waals surface area contributed by atoms with Crippen molar-refractivity contribution in [3.8, 4) is 0 Å². The average molecular weight is 254 g/mol. The molecule has 1 atom stereocenters. The van der Waals surface area contributed by atoms with Crippen molar-refractivity contribution >= 4 is 11.9 Å². The first kappa shape index (κ1) is 12.5. The summed E-state index contributed by atoms with van der Waals surface area (Å²) in [4.78, 5) is 22.1. The van der Waals surface area contributed by atoms with Crippen LogP contribution in [0.5, 0.6) is 0 Å². The van der Waals surface area contributed by atoms with Crippen molar-refractivity contribution in [3.63, 3.8) is 0 Å². The Bertz CT molecular complexity index is 439. The molecule has 0 bridgehead atoms. The molecule has 0 aromatic carbocycles. The Morgan fingerprint density at radius 1 is 1.61 bits per heavy atom. The molecule has 1 amide bonds. The highest BCUT2D eigenvalue weighted by Crippen LogP contribution is 2.10. The van der Waals surface area contributed by atoms with Gasteiger partial charge in [0.15, 0.2) is 5.69 Å². The molecular weight excluding hydrogens is 240 g/mol. The molecule has 98 valence electrons. The fourth-order valence-corrected chi connectivity index (χ4v) is 1.68. The van der Waals surface area contributed by atoms with Gasteiger partial charge in [0.2, 0.25) is 5.91 Å². The van der Waals surface area contributed by atoms with E-state index in [1.165, 1.54) is 10.9 Å². The molecule has 1 saturated heterocycles. The van der Waals surface area contributed by atoms with Crippen LogP contribution in [0.2, 0.25) is 0 Å². The number of nitrogens with one attached hydrogen (secondary N) is 1. The van der Waals surface area contributed by atoms with Gasteiger partial charge < -0.3 is 15.2 Å². The largest absolute Gasteiger partial charge is 0.476 e. The van der Waals surface area contributed by atoms with Gasteiger partial charge in [0.1, 0.15) is 6.54 Å². The standard InChI is InChI=1S/C10H14N4O4/c15-9(11-3-7-1-2-18-6-7)5-14-4-8(10(16)17)12-13-14/h4,7H,1-3,5-6H2,(H,11,15)(H,16,17). The Hall–Kier alpha value is -1.96. The summed E-state index contributed by atoms with van der Waals surface area (Å²) in [6.45, 7) is 1.95. The van der Waals surface area contributed by atoms with Crippen LogP contribution in [0.1, 0.15) is 16.9 Å². The third kappa shape index (κ3) is 3.27. The number of aromatic nitrogens is 3. The van der Waals surface area contributed by atoms with Gasteiger partial charge >= 0.3 is 5.97 Å². The molecule has 1 aliphatic rings. The molecule has 8 nitrogen and oxygen atoms in total. The monoisotopic (exact) mass is 254 g/mol. The third-order valence-corrected chi connectivity index (χ3v) is 2.68. The third-order valence-electron chi connectivity index (χ3n) is 2.68. The lowest BCUT2D eigenvalue weighted by Gasteiger charge is -2.08. The van der Waals surface area contributed by atoms with Crippen molar-refractivity contribution in [2.75, 3.05) is 19.8 Å². The molecule has 18 heavy (non-hydrogen) atoms. The van der Waals surface area contributed by atoms with E-state index in [4.69, 9.17) is 9.84 Å². The van der Waals surface area contributed by atoms with Gasteiger partial charge in [-0.1, -0.05) is 5.21 Å². The number of ether oxygens (including phenoxy) is 1. The summed E-state index contributed by atoms with van der Waals surface area (Å²) in [6.07, 6.45) is 2.17. The van der Waals surface area contributed by atoms with Gasteiger partial charge in [0, 0.05) is 19.1 Å². The van der Waals surface area contributed by atoms with Crippen LogP contribution in [0.3, 0.4) is 0 Å². The summed E-state index contributed by atoms with van der Waals surface area (Å²) in [5, 5.41) is 18.4. The molecule has 2 N–H and O–H groups in total. The highest BCUT2D eigenvalue weighted by atomic mass is 16.5. The lowest BCUT2D eigenvalue weighted by molar-refractivity contribution is -0.122. The minimum absolute atomic E-state index is 0.0339. The van der Waals surface area contributed by atoms with Crippen molar-refractivity contribution < 1.29 is 19.4 Å². The highest BCUT2D eigenvalue weighted by Gasteiger charge is 2.16. The average Bonchev–Trinajstić information content (AvgIpc) is 2.96. The summed E-state index contributed by atoms with van der Waals surface area (Å²) in [5.74, 6) is -1.02. The maximum Gasteiger partial charge on any atom is 0.358 e. The quantitative estimate of drug-likeness (QED) is 0.707. The fourth-order valence-electron chi connectivity index (χ4n) is 1.68. The van der Waals surface area contributed by atoms with E-state index >= 15 is 0 Å². The Kier molecular flexibility index (Phi) is 3.88. The Labute approximate surface area is 103 Å². The lowest BCUT2D eigenvalue weighted by atomic mass is 10.1. The molecule has 1 unspecified atom stereocenters. The first-order valence-electron chi connectivity index (χ1n) is 5.63. The van der Waals surface area contributed by atoms with Crippen LogP contribution in [-0.2, 0) is 16.1 Å². The van der Waals surface area contributed by atoms with E-state index in [9.17, 15) is 9.59 Å². The fraction of sp³-hybridized carbons (Fsp3) is 0.600. The Balaban J connectivity index is 1.77. The van der Waals surface area contributed by atoms with Crippen LogP contribution >= 0.6 is 0 Å². The molecule has 0 saturated carbocycles. The number of carboxylic acids is 1. The number of carbonyl (C=O) groups is 2. The normalized spacial score (nSPS) is 18.8. The van der Waals surface area contributed by atoms with Crippen molar-refractivity contribution in [2.24, 2.45) is 5.92 Å². The zero-order valence-electron chi connectivity index (χ0n) is 9.70. The number of amides is 1. The molecule has 1 aromatic heterocycles. The van der Waals surface area contributed by atoms with Crippen molar-refractivity contribution in [2.45, 2.75) is 13.0 Å². The molecule has 0 spiro atoms. The van der Waals surface area contributed by atoms with Gasteiger partial charge in [-0.15, -0.1) is 5.10 Å². The van der Waals surface area contributed by atoms with Gasteiger partial charge in [-0.2, -0.15) is 0 Å². The van der Waals surface area contributed by atoms with Gasteiger partial charge in [-0.05, 0) is 6.42 Å². The number of nitrogens with zero attached hydrogens (tertiary/aromatic N) is 3. The van der Waals surface area contributed by atoms with Crippen LogP contribution in [0.15, 0.2) is 6.20 Å². The first-order chi connectivity index (χ1) is 8.65. The van der Waals surface area contributed by atoms with Crippen molar-refractivity contribution in [1.29, 1.82) is 0 Å². The minimum atomic E-state index is -1.16. The SMILES string of the molecule is O=C(Cn1cc(C(=O)O)nn1)NCC1CCOC1. The van der Waals surface area contributed by atoms with Crippen LogP contribution < -0.4 is 5.32 Å². The number of aromatic carboxylic acids is 1. The molecule has 0 aliphatic carbocycles. The maximum atomic E-state index is 11.6. The topological polar surface area (TPSA) is 106 Å². The lowest BCUT2D eigenvalue weighted by Crippen LogP contribution is -2.32. The van der Waals surface area contributed by atoms with Crippen molar-refractivity contribution in [3.05, 3.63) is 11.9 Å². The molecule has 2 heterocycles. The number of rotatable bonds is 5. The first-order valence-corrected chi connectivity index (χ1v) is 5.63. The molecule has 1 fully saturated rings. The van der Waals surface area contributed by atoms with E-state index in [0.29, 0.717) is 19.1 Å². The number of carboxylic acid groups (broad SMARTS) is 1. The van der Waals surface area contributed by atoms with Gasteiger partial charge in [-0.3, -0.25) is 4.79 Å². The minimum Gasteiger partial charge on any atom is -0.476 e. The van der Waals surface area contributed by atoms with Gasteiger partial charge in [-0.25, -0.2) is 9.48 Å². The van der Waals surface area contributed by atoms with Crippen molar-refractivity contribution in [1.82, 2.24) is 20.3 Å². The second-order valence-electron chi connectivity index (χ2n) is 4.14. The number of hydrogen-bond acceptors (Lipinski definition) is 5. The highest BCUT2D eigenvalue weighted by molar-refractivity contribution is 5.84. The molecule has 1 aromatic rings. The molecule has 2 rings (SSSR count). The summed E-state index contributed by atoms with van der Waals surface area (Å²) in [5.41, 5.74) is -0.174. The molecular formula is C10H14N4O4. The van der Waals surface area contributed by atoms with E-state index in [2.05, 4.69) is 15.6 Å². The van der Waals surface area contributed by atoms with Crippen LogP contribution in [0.4, 0.5) is 0 Å². The molecule has 0 radical (unpaired) electrons. The van der Waals surface area contributed by atoms with E-state index in [1.54, 1.807) is 0 Å². The van der Waals surface area contributed by atoms with E-state index in [-0.39, 0.29) is 18.1 Å². The number of hydrogen-bond donors (Lipinski definition) is 2. The predicted octanol–water partition coefficient (Wildman–Crippen LogP) is -0.871. The summed E-state index contributed by atoms with van der Waals surface area (Å²) in [6, 6.07) is 0. The zero-order valence-corrected chi connectivity index (χ0v) is 9.70. The maximum absolute atomic E-state index is 11.6. The van der Waals surface area contributed by atoms with E-state index in [0.717, 1.165) is 13.0 Å². The van der Waals surface area contributed by atoms with E-state index in [1.807, 2.05) is 0 Å². The van der Waals surface area contributed by atoms with Crippen LogP contribution in [-0.4, -0.2) is 51.7 Å².